The van der Waals surface area contributed by atoms with Gasteiger partial charge in [0.1, 0.15) is 0 Å². The predicted molar refractivity (Wildman–Crippen MR) is 75.3 cm³/mol. The summed E-state index contributed by atoms with van der Waals surface area (Å²) in [6.07, 6.45) is 5.49. The van der Waals surface area contributed by atoms with E-state index in [1.165, 1.54) is 0 Å². The van der Waals surface area contributed by atoms with Crippen LogP contribution in [-0.2, 0) is 4.74 Å². The molecule has 0 bridgehead atoms. The van der Waals surface area contributed by atoms with Crippen molar-refractivity contribution in [3.8, 4) is 0 Å². The Morgan fingerprint density at radius 3 is 2.61 bits per heavy atom. The van der Waals surface area contributed by atoms with Gasteiger partial charge in [0.2, 0.25) is 0 Å². The van der Waals surface area contributed by atoms with Gasteiger partial charge in [-0.25, -0.2) is 0 Å². The summed E-state index contributed by atoms with van der Waals surface area (Å²) in [6.45, 7) is 9.47. The van der Waals surface area contributed by atoms with Crippen molar-refractivity contribution in [2.75, 3.05) is 6.61 Å². The van der Waals surface area contributed by atoms with Crippen LogP contribution >= 0.6 is 0 Å². The van der Waals surface area contributed by atoms with Gasteiger partial charge in [0.15, 0.2) is 0 Å². The van der Waals surface area contributed by atoms with Crippen LogP contribution in [0.1, 0.15) is 52.2 Å². The van der Waals surface area contributed by atoms with Gasteiger partial charge in [-0.05, 0) is 24.3 Å². The fourth-order valence-corrected chi connectivity index (χ4v) is 1.72. The van der Waals surface area contributed by atoms with E-state index in [-0.39, 0.29) is 17.6 Å². The number of rotatable bonds is 6. The van der Waals surface area contributed by atoms with Gasteiger partial charge in [-0.3, -0.25) is 4.98 Å². The van der Waals surface area contributed by atoms with Gasteiger partial charge in [0.25, 0.3) is 0 Å². The first-order valence-corrected chi connectivity index (χ1v) is 6.71. The highest BCUT2D eigenvalue weighted by Crippen LogP contribution is 2.24. The summed E-state index contributed by atoms with van der Waals surface area (Å²) in [5.41, 5.74) is 7.50. The molecule has 0 fully saturated rings. The minimum atomic E-state index is -0.0500. The molecule has 0 amide bonds. The molecule has 2 N–H and O–H groups in total. The number of aromatic nitrogens is 1. The van der Waals surface area contributed by atoms with E-state index in [0.717, 1.165) is 25.0 Å². The number of ether oxygens (including phenoxy) is 1. The Morgan fingerprint density at radius 1 is 1.39 bits per heavy atom. The molecule has 3 heteroatoms. The van der Waals surface area contributed by atoms with Gasteiger partial charge in [-0.2, -0.15) is 0 Å². The first-order chi connectivity index (χ1) is 8.44. The summed E-state index contributed by atoms with van der Waals surface area (Å²) in [7, 11) is 0. The van der Waals surface area contributed by atoms with Crippen molar-refractivity contribution in [3.05, 3.63) is 30.1 Å². The average molecular weight is 250 g/mol. The zero-order chi connectivity index (χ0) is 13.6. The van der Waals surface area contributed by atoms with E-state index in [2.05, 4.69) is 32.7 Å². The first kappa shape index (κ1) is 15.1. The zero-order valence-corrected chi connectivity index (χ0v) is 12.0. The zero-order valence-electron chi connectivity index (χ0n) is 12.0. The van der Waals surface area contributed by atoms with Crippen LogP contribution in [0.5, 0.6) is 0 Å². The van der Waals surface area contributed by atoms with E-state index in [4.69, 9.17) is 10.5 Å². The number of hydrogen-bond acceptors (Lipinski definition) is 3. The molecule has 0 radical (unpaired) electrons. The van der Waals surface area contributed by atoms with Gasteiger partial charge in [0.05, 0.1) is 6.10 Å². The molecule has 0 aromatic carbocycles. The van der Waals surface area contributed by atoms with Crippen molar-refractivity contribution in [1.82, 2.24) is 4.98 Å². The largest absolute Gasteiger partial charge is 0.372 e. The highest BCUT2D eigenvalue weighted by atomic mass is 16.5. The maximum absolute atomic E-state index is 6.15. The van der Waals surface area contributed by atoms with Crippen molar-refractivity contribution in [2.24, 2.45) is 11.1 Å². The minimum absolute atomic E-state index is 0.0224. The molecule has 0 saturated heterocycles. The second-order valence-electron chi connectivity index (χ2n) is 5.96. The molecule has 1 aromatic rings. The number of hydrogen-bond donors (Lipinski definition) is 1. The fourth-order valence-electron chi connectivity index (χ4n) is 1.72. The van der Waals surface area contributed by atoms with E-state index in [1.54, 1.807) is 6.20 Å². The Morgan fingerprint density at radius 2 is 2.11 bits per heavy atom. The third-order valence-corrected chi connectivity index (χ3v) is 3.02. The molecule has 18 heavy (non-hydrogen) atoms. The van der Waals surface area contributed by atoms with Crippen molar-refractivity contribution >= 4 is 0 Å². The second kappa shape index (κ2) is 6.86. The third kappa shape index (κ3) is 5.15. The van der Waals surface area contributed by atoms with Crippen LogP contribution in [0.4, 0.5) is 0 Å². The Balaban J connectivity index is 2.63. The molecule has 0 saturated carbocycles. The molecule has 102 valence electrons. The molecule has 2 unspecified atom stereocenters. The Hall–Kier alpha value is -0.930. The van der Waals surface area contributed by atoms with Crippen molar-refractivity contribution in [3.63, 3.8) is 0 Å². The lowest BCUT2D eigenvalue weighted by Crippen LogP contribution is -2.30. The summed E-state index contributed by atoms with van der Waals surface area (Å²) in [6, 6.07) is 3.98. The topological polar surface area (TPSA) is 48.1 Å². The molecule has 1 aromatic heterocycles. The minimum Gasteiger partial charge on any atom is -0.372 e. The van der Waals surface area contributed by atoms with E-state index in [0.29, 0.717) is 0 Å². The lowest BCUT2D eigenvalue weighted by atomic mass is 9.93. The summed E-state index contributed by atoms with van der Waals surface area (Å²) >= 11 is 0. The standard InChI is InChI=1S/C15H26N2O/c1-5-13(16)14(12-7-6-9-17-11-12)18-10-8-15(2,3)4/h6-7,9,11,13-14H,5,8,10,16H2,1-4H3. The monoisotopic (exact) mass is 250 g/mol. The summed E-state index contributed by atoms with van der Waals surface area (Å²) in [5, 5.41) is 0. The van der Waals surface area contributed by atoms with E-state index in [1.807, 2.05) is 18.3 Å². The molecular formula is C15H26N2O. The molecule has 0 aliphatic carbocycles. The molecular weight excluding hydrogens is 224 g/mol. The maximum Gasteiger partial charge on any atom is 0.0990 e. The lowest BCUT2D eigenvalue weighted by molar-refractivity contribution is 0.0197. The second-order valence-corrected chi connectivity index (χ2v) is 5.96. The fraction of sp³-hybridized carbons (Fsp3) is 0.667. The lowest BCUT2D eigenvalue weighted by Gasteiger charge is -2.26. The average Bonchev–Trinajstić information content (AvgIpc) is 2.33. The number of pyridine rings is 1. The summed E-state index contributed by atoms with van der Waals surface area (Å²) < 4.78 is 5.99. The SMILES string of the molecule is CCC(N)C(OCCC(C)(C)C)c1cccnc1. The quantitative estimate of drug-likeness (QED) is 0.842. The molecule has 0 spiro atoms. The van der Waals surface area contributed by atoms with Crippen LogP contribution in [0, 0.1) is 5.41 Å². The first-order valence-electron chi connectivity index (χ1n) is 6.71. The highest BCUT2D eigenvalue weighted by molar-refractivity contribution is 5.14. The third-order valence-electron chi connectivity index (χ3n) is 3.02. The highest BCUT2D eigenvalue weighted by Gasteiger charge is 2.20. The Kier molecular flexibility index (Phi) is 5.76. The van der Waals surface area contributed by atoms with Crippen molar-refractivity contribution in [1.29, 1.82) is 0 Å². The molecule has 3 nitrogen and oxygen atoms in total. The molecule has 0 aliphatic heterocycles. The summed E-state index contributed by atoms with van der Waals surface area (Å²) in [4.78, 5) is 4.14. The van der Waals surface area contributed by atoms with Crippen LogP contribution in [0.25, 0.3) is 0 Å². The molecule has 1 rings (SSSR count). The predicted octanol–water partition coefficient (Wildman–Crippen LogP) is 3.31. The van der Waals surface area contributed by atoms with Crippen LogP contribution < -0.4 is 5.73 Å². The van der Waals surface area contributed by atoms with Gasteiger partial charge >= 0.3 is 0 Å². The van der Waals surface area contributed by atoms with Gasteiger partial charge in [0, 0.05) is 30.6 Å². The molecule has 0 aliphatic rings. The van der Waals surface area contributed by atoms with E-state index >= 15 is 0 Å². The Bertz CT molecular complexity index is 332. The van der Waals surface area contributed by atoms with Crippen LogP contribution in [0.2, 0.25) is 0 Å². The molecule has 1 heterocycles. The van der Waals surface area contributed by atoms with Crippen LogP contribution in [-0.4, -0.2) is 17.6 Å². The number of nitrogens with two attached hydrogens (primary N) is 1. The molecule has 2 atom stereocenters. The van der Waals surface area contributed by atoms with Crippen LogP contribution in [0.3, 0.4) is 0 Å². The smallest absolute Gasteiger partial charge is 0.0990 e. The van der Waals surface area contributed by atoms with Gasteiger partial charge in [-0.1, -0.05) is 33.8 Å². The normalized spacial score (nSPS) is 15.4. The van der Waals surface area contributed by atoms with Gasteiger partial charge in [-0.15, -0.1) is 0 Å². The van der Waals surface area contributed by atoms with Gasteiger partial charge < -0.3 is 10.5 Å². The van der Waals surface area contributed by atoms with Crippen molar-refractivity contribution in [2.45, 2.75) is 52.7 Å². The number of nitrogens with zero attached hydrogens (tertiary/aromatic N) is 1. The van der Waals surface area contributed by atoms with Crippen molar-refractivity contribution < 1.29 is 4.74 Å². The van der Waals surface area contributed by atoms with E-state index < -0.39 is 0 Å². The summed E-state index contributed by atoms with van der Waals surface area (Å²) in [5.74, 6) is 0. The Labute approximate surface area is 111 Å². The van der Waals surface area contributed by atoms with E-state index in [9.17, 15) is 0 Å². The van der Waals surface area contributed by atoms with Crippen LogP contribution in [0.15, 0.2) is 24.5 Å². The maximum atomic E-state index is 6.15.